The van der Waals surface area contributed by atoms with E-state index in [0.29, 0.717) is 25.4 Å². The summed E-state index contributed by atoms with van der Waals surface area (Å²) < 4.78 is 13.2. The van der Waals surface area contributed by atoms with Crippen LogP contribution >= 0.6 is 0 Å². The van der Waals surface area contributed by atoms with E-state index in [4.69, 9.17) is 0 Å². The maximum atomic E-state index is 13.2. The van der Waals surface area contributed by atoms with Crippen LogP contribution in [0.25, 0.3) is 0 Å². The van der Waals surface area contributed by atoms with Crippen LogP contribution in [0.3, 0.4) is 0 Å². The molecule has 3 N–H and O–H groups in total. The Hall–Kier alpha value is -3.42. The molecule has 1 fully saturated rings. The monoisotopic (exact) mass is 497 g/mol. The fourth-order valence-electron chi connectivity index (χ4n) is 4.64. The molecule has 36 heavy (non-hydrogen) atoms. The number of piperidine rings is 1. The number of hydrogen-bond donors (Lipinski definition) is 3. The zero-order valence-electron chi connectivity index (χ0n) is 21.2. The van der Waals surface area contributed by atoms with Gasteiger partial charge < -0.3 is 20.6 Å². The van der Waals surface area contributed by atoms with Crippen LogP contribution in [0.5, 0.6) is 0 Å². The SMILES string of the molecule is CC(C[C@H](NC(=O)N1CCC(c2ccccc2)CC1)C(=O)NC(C)(C)Cc1ccc(F)cc1)C(=O)O. The number of nitrogens with zero attached hydrogens (tertiary/aromatic N) is 1. The molecule has 8 heteroatoms. The molecule has 0 aliphatic carbocycles. The number of benzene rings is 2. The van der Waals surface area contributed by atoms with Gasteiger partial charge in [0.25, 0.3) is 0 Å². The molecule has 1 saturated heterocycles. The lowest BCUT2D eigenvalue weighted by Crippen LogP contribution is -2.57. The van der Waals surface area contributed by atoms with Crippen molar-refractivity contribution in [2.24, 2.45) is 5.92 Å². The molecule has 0 bridgehead atoms. The highest BCUT2D eigenvalue weighted by molar-refractivity contribution is 5.88. The Labute approximate surface area is 212 Å². The second-order valence-corrected chi connectivity index (χ2v) is 10.3. The molecule has 3 amide bonds. The zero-order valence-corrected chi connectivity index (χ0v) is 21.2. The van der Waals surface area contributed by atoms with Crippen LogP contribution in [0.4, 0.5) is 9.18 Å². The van der Waals surface area contributed by atoms with Gasteiger partial charge in [0, 0.05) is 18.6 Å². The first kappa shape index (κ1) is 27.2. The van der Waals surface area contributed by atoms with Crippen LogP contribution in [0.2, 0.25) is 0 Å². The molecule has 7 nitrogen and oxygen atoms in total. The Morgan fingerprint density at radius 2 is 1.67 bits per heavy atom. The fourth-order valence-corrected chi connectivity index (χ4v) is 4.64. The number of carbonyl (C=O) groups is 3. The van der Waals surface area contributed by atoms with Crippen LogP contribution in [-0.4, -0.2) is 52.6 Å². The average Bonchev–Trinajstić information content (AvgIpc) is 2.85. The third-order valence-electron chi connectivity index (χ3n) is 6.70. The van der Waals surface area contributed by atoms with E-state index in [1.807, 2.05) is 32.0 Å². The lowest BCUT2D eigenvalue weighted by molar-refractivity contribution is -0.141. The summed E-state index contributed by atoms with van der Waals surface area (Å²) in [5.74, 6) is -2.24. The van der Waals surface area contributed by atoms with Crippen LogP contribution in [0.1, 0.15) is 57.1 Å². The number of amides is 3. The largest absolute Gasteiger partial charge is 0.481 e. The highest BCUT2D eigenvalue weighted by Crippen LogP contribution is 2.27. The number of aliphatic carboxylic acids is 1. The molecule has 2 aromatic rings. The van der Waals surface area contributed by atoms with Gasteiger partial charge in [-0.05, 0) is 68.7 Å². The number of likely N-dealkylation sites (tertiary alicyclic amines) is 1. The third kappa shape index (κ3) is 7.80. The number of nitrogens with one attached hydrogen (secondary N) is 2. The molecule has 3 rings (SSSR count). The van der Waals surface area contributed by atoms with Gasteiger partial charge >= 0.3 is 12.0 Å². The van der Waals surface area contributed by atoms with E-state index >= 15 is 0 Å². The van der Waals surface area contributed by atoms with Crippen LogP contribution in [-0.2, 0) is 16.0 Å². The van der Waals surface area contributed by atoms with Gasteiger partial charge in [-0.2, -0.15) is 0 Å². The first-order valence-corrected chi connectivity index (χ1v) is 12.4. The molecule has 0 aromatic heterocycles. The third-order valence-corrected chi connectivity index (χ3v) is 6.70. The van der Waals surface area contributed by atoms with E-state index in [0.717, 1.165) is 18.4 Å². The minimum absolute atomic E-state index is 0.0278. The van der Waals surface area contributed by atoms with Crippen molar-refractivity contribution >= 4 is 17.9 Å². The average molecular weight is 498 g/mol. The van der Waals surface area contributed by atoms with E-state index in [1.165, 1.54) is 24.6 Å². The standard InChI is InChI=1S/C28H36FN3O4/c1-19(26(34)35)17-24(25(33)31-28(2,3)18-20-9-11-23(29)12-10-20)30-27(36)32-15-13-22(14-16-32)21-7-5-4-6-8-21/h4-12,19,22,24H,13-18H2,1-3H3,(H,30,36)(H,31,33)(H,34,35)/t19?,24-/m0/s1. The van der Waals surface area contributed by atoms with Gasteiger partial charge in [0.15, 0.2) is 0 Å². The molecule has 1 unspecified atom stereocenters. The first-order valence-electron chi connectivity index (χ1n) is 12.4. The number of carboxylic acids is 1. The number of hydrogen-bond acceptors (Lipinski definition) is 3. The van der Waals surface area contributed by atoms with E-state index in [2.05, 4.69) is 22.8 Å². The number of carbonyl (C=O) groups excluding carboxylic acids is 2. The van der Waals surface area contributed by atoms with Crippen molar-refractivity contribution in [3.8, 4) is 0 Å². The lowest BCUT2D eigenvalue weighted by atomic mass is 9.89. The van der Waals surface area contributed by atoms with Crippen LogP contribution in [0.15, 0.2) is 54.6 Å². The highest BCUT2D eigenvalue weighted by atomic mass is 19.1. The Balaban J connectivity index is 1.62. The Kier molecular flexibility index (Phi) is 9.07. The summed E-state index contributed by atoms with van der Waals surface area (Å²) in [6.45, 7) is 6.31. The van der Waals surface area contributed by atoms with Crippen molar-refractivity contribution in [3.05, 3.63) is 71.5 Å². The summed E-state index contributed by atoms with van der Waals surface area (Å²) in [6.07, 6.45) is 2.07. The molecule has 194 valence electrons. The highest BCUT2D eigenvalue weighted by Gasteiger charge is 2.32. The van der Waals surface area contributed by atoms with Gasteiger partial charge in [-0.25, -0.2) is 9.18 Å². The van der Waals surface area contributed by atoms with Crippen molar-refractivity contribution in [3.63, 3.8) is 0 Å². The quantitative estimate of drug-likeness (QED) is 0.480. The van der Waals surface area contributed by atoms with Gasteiger partial charge in [-0.3, -0.25) is 9.59 Å². The Bertz CT molecular complexity index is 1030. The van der Waals surface area contributed by atoms with Gasteiger partial charge in [0.1, 0.15) is 11.9 Å². The number of urea groups is 1. The van der Waals surface area contributed by atoms with Crippen molar-refractivity contribution in [2.45, 2.75) is 64.0 Å². The number of halogens is 1. The zero-order chi connectivity index (χ0) is 26.3. The summed E-state index contributed by atoms with van der Waals surface area (Å²) in [5, 5.41) is 15.1. The normalized spacial score (nSPS) is 16.2. The van der Waals surface area contributed by atoms with E-state index < -0.39 is 29.4 Å². The first-order chi connectivity index (χ1) is 17.0. The summed E-state index contributed by atoms with van der Waals surface area (Å²) in [5.41, 5.74) is 1.41. The molecule has 0 saturated carbocycles. The molecule has 1 aliphatic rings. The molecule has 0 radical (unpaired) electrons. The van der Waals surface area contributed by atoms with Crippen molar-refractivity contribution in [2.75, 3.05) is 13.1 Å². The summed E-state index contributed by atoms with van der Waals surface area (Å²) >= 11 is 0. The molecule has 2 aromatic carbocycles. The van der Waals surface area contributed by atoms with Gasteiger partial charge in [-0.1, -0.05) is 49.4 Å². The predicted molar refractivity (Wildman–Crippen MR) is 136 cm³/mol. The number of carboxylic acid groups (broad SMARTS) is 1. The molecule has 2 atom stereocenters. The minimum atomic E-state index is -1.03. The number of rotatable bonds is 9. The van der Waals surface area contributed by atoms with E-state index in [9.17, 15) is 23.9 Å². The van der Waals surface area contributed by atoms with Crippen molar-refractivity contribution < 1.29 is 23.9 Å². The summed E-state index contributed by atoms with van der Waals surface area (Å²) in [4.78, 5) is 39.4. The van der Waals surface area contributed by atoms with Crippen LogP contribution in [0, 0.1) is 11.7 Å². The predicted octanol–water partition coefficient (Wildman–Crippen LogP) is 4.33. The molecule has 0 spiro atoms. The van der Waals surface area contributed by atoms with Gasteiger partial charge in [0.05, 0.1) is 5.92 Å². The fraction of sp³-hybridized carbons (Fsp3) is 0.464. The summed E-state index contributed by atoms with van der Waals surface area (Å²) in [7, 11) is 0. The van der Waals surface area contributed by atoms with Crippen LogP contribution < -0.4 is 10.6 Å². The minimum Gasteiger partial charge on any atom is -0.481 e. The summed E-state index contributed by atoms with van der Waals surface area (Å²) in [6, 6.07) is 14.9. The molecular formula is C28H36FN3O4. The van der Waals surface area contributed by atoms with Crippen molar-refractivity contribution in [1.82, 2.24) is 15.5 Å². The maximum absolute atomic E-state index is 13.2. The van der Waals surface area contributed by atoms with Crippen molar-refractivity contribution in [1.29, 1.82) is 0 Å². The van der Waals surface area contributed by atoms with E-state index in [-0.39, 0.29) is 18.3 Å². The lowest BCUT2D eigenvalue weighted by Gasteiger charge is -2.34. The molecule has 1 heterocycles. The topological polar surface area (TPSA) is 98.7 Å². The van der Waals surface area contributed by atoms with Gasteiger partial charge in [-0.15, -0.1) is 0 Å². The van der Waals surface area contributed by atoms with E-state index in [1.54, 1.807) is 17.0 Å². The maximum Gasteiger partial charge on any atom is 0.318 e. The second-order valence-electron chi connectivity index (χ2n) is 10.3. The molecule has 1 aliphatic heterocycles. The Morgan fingerprint density at radius 1 is 1.06 bits per heavy atom. The van der Waals surface area contributed by atoms with Gasteiger partial charge in [0.2, 0.25) is 5.91 Å². The Morgan fingerprint density at radius 3 is 2.25 bits per heavy atom. The molecular weight excluding hydrogens is 461 g/mol. The second kappa shape index (κ2) is 12.0. The smallest absolute Gasteiger partial charge is 0.318 e.